The van der Waals surface area contributed by atoms with E-state index in [0.29, 0.717) is 23.9 Å². The van der Waals surface area contributed by atoms with Gasteiger partial charge in [-0.25, -0.2) is 4.79 Å². The van der Waals surface area contributed by atoms with Crippen molar-refractivity contribution in [1.82, 2.24) is 0 Å². The molecule has 0 aromatic heterocycles. The highest BCUT2D eigenvalue weighted by Crippen LogP contribution is 2.15. The summed E-state index contributed by atoms with van der Waals surface area (Å²) in [5, 5.41) is 9.71. The first-order chi connectivity index (χ1) is 39.6. The number of hydrogen-bond donors (Lipinski definition) is 1. The number of hydrogen-bond acceptors (Lipinski definition) is 7. The average Bonchev–Trinajstić information content (AvgIpc) is 3.44. The number of esters is 2. The van der Waals surface area contributed by atoms with Crippen LogP contribution in [0.15, 0.2) is 158 Å². The fourth-order valence-electron chi connectivity index (χ4n) is 8.00. The highest BCUT2D eigenvalue weighted by Gasteiger charge is 2.25. The van der Waals surface area contributed by atoms with Crippen molar-refractivity contribution in [3.8, 4) is 0 Å². The second-order valence-corrected chi connectivity index (χ2v) is 21.6. The van der Waals surface area contributed by atoms with Crippen LogP contribution in [0.2, 0.25) is 0 Å². The van der Waals surface area contributed by atoms with Gasteiger partial charge in [0.25, 0.3) is 6.29 Å². The Bertz CT molecular complexity index is 1880. The minimum absolute atomic E-state index is 0.175. The van der Waals surface area contributed by atoms with Gasteiger partial charge in [0.1, 0.15) is 13.2 Å². The fraction of sp³-hybridized carbons (Fsp3) is 0.597. The number of aliphatic carboxylic acids is 1. The van der Waals surface area contributed by atoms with Crippen molar-refractivity contribution in [3.63, 3.8) is 0 Å². The zero-order chi connectivity index (χ0) is 59.1. The summed E-state index contributed by atoms with van der Waals surface area (Å²) >= 11 is 0. The van der Waals surface area contributed by atoms with Crippen LogP contribution < -0.4 is 0 Å². The first-order valence-electron chi connectivity index (χ1n) is 31.6. The molecule has 0 aromatic rings. The van der Waals surface area contributed by atoms with E-state index < -0.39 is 24.3 Å². The largest absolute Gasteiger partial charge is 0.477 e. The predicted octanol–water partition coefficient (Wildman–Crippen LogP) is 19.3. The molecule has 9 heteroatoms. The van der Waals surface area contributed by atoms with Crippen molar-refractivity contribution >= 4 is 17.9 Å². The molecule has 456 valence electrons. The van der Waals surface area contributed by atoms with Crippen LogP contribution in [0.3, 0.4) is 0 Å². The zero-order valence-electron chi connectivity index (χ0n) is 51.9. The molecule has 81 heavy (non-hydrogen) atoms. The topological polar surface area (TPSA) is 108 Å². The number of carboxylic acids is 1. The van der Waals surface area contributed by atoms with Crippen LogP contribution in [-0.2, 0) is 33.3 Å². The van der Waals surface area contributed by atoms with Crippen molar-refractivity contribution in [1.29, 1.82) is 0 Å². The second-order valence-electron chi connectivity index (χ2n) is 21.6. The van der Waals surface area contributed by atoms with Crippen LogP contribution in [0.5, 0.6) is 0 Å². The van der Waals surface area contributed by atoms with Gasteiger partial charge in [0.05, 0.1) is 34.4 Å². The molecular weight excluding hydrogens is 1010 g/mol. The van der Waals surface area contributed by atoms with Crippen molar-refractivity contribution in [2.24, 2.45) is 0 Å². The molecular formula is C72H116NO8+. The molecule has 9 nitrogen and oxygen atoms in total. The number of ether oxygens (including phenoxy) is 4. The molecule has 0 aliphatic rings. The van der Waals surface area contributed by atoms with Crippen LogP contribution in [0.25, 0.3) is 0 Å². The highest BCUT2D eigenvalue weighted by molar-refractivity contribution is 5.71. The van der Waals surface area contributed by atoms with E-state index >= 15 is 0 Å². The first-order valence-corrected chi connectivity index (χ1v) is 31.6. The van der Waals surface area contributed by atoms with Crippen LogP contribution in [0.4, 0.5) is 0 Å². The maximum atomic E-state index is 12.9. The van der Waals surface area contributed by atoms with E-state index in [1.807, 2.05) is 21.1 Å². The van der Waals surface area contributed by atoms with Crippen molar-refractivity contribution in [2.75, 3.05) is 47.5 Å². The standard InChI is InChI=1S/C72H115NO8/c1-6-8-10-12-14-16-18-20-22-24-25-26-27-28-29-30-31-32-33-34-35-36-37-38-39-40-41-42-43-44-45-47-49-51-53-55-57-59-61-63-70(75)81-68(67-80-72(71(76)77)78-65-64-73(3,4)5)66-79-69(74)62-60-58-56-54-52-50-48-46-23-21-19-17-15-13-11-9-7-2/h8-11,14-17,20-23,25-26,28-29,31-32,34-35,37-38,40-41,48,50,68,72H,6-7,12-13,18-19,24,27,30,33,36,39,42-47,49,51-67H2,1-5H3/p+1/b10-8-,11-9-,16-14-,17-15-,22-20-,23-21-,26-25-,29-28-,32-31-,35-34-,38-37-,41-40-,50-48-. The van der Waals surface area contributed by atoms with E-state index in [0.717, 1.165) is 135 Å². The van der Waals surface area contributed by atoms with Gasteiger partial charge in [-0.2, -0.15) is 0 Å². The number of rotatable bonds is 56. The Hall–Kier alpha value is -5.09. The van der Waals surface area contributed by atoms with Gasteiger partial charge in [-0.05, 0) is 122 Å². The Morgan fingerprint density at radius 3 is 0.988 bits per heavy atom. The van der Waals surface area contributed by atoms with Gasteiger partial charge < -0.3 is 28.5 Å². The third-order valence-corrected chi connectivity index (χ3v) is 12.8. The van der Waals surface area contributed by atoms with Crippen molar-refractivity contribution in [3.05, 3.63) is 158 Å². The quantitative estimate of drug-likeness (QED) is 0.0211. The van der Waals surface area contributed by atoms with E-state index in [1.165, 1.54) is 44.9 Å². The molecule has 0 heterocycles. The molecule has 0 rings (SSSR count). The van der Waals surface area contributed by atoms with Crippen LogP contribution in [-0.4, -0.2) is 87.4 Å². The Morgan fingerprint density at radius 2 is 0.667 bits per heavy atom. The molecule has 0 spiro atoms. The van der Waals surface area contributed by atoms with Gasteiger partial charge in [-0.1, -0.05) is 242 Å². The predicted molar refractivity (Wildman–Crippen MR) is 345 cm³/mol. The Morgan fingerprint density at radius 1 is 0.370 bits per heavy atom. The lowest BCUT2D eigenvalue weighted by atomic mass is 10.0. The summed E-state index contributed by atoms with van der Waals surface area (Å²) in [5.41, 5.74) is 0. The molecule has 0 bridgehead atoms. The van der Waals surface area contributed by atoms with E-state index in [9.17, 15) is 19.5 Å². The summed E-state index contributed by atoms with van der Waals surface area (Å²) in [6, 6.07) is 0. The van der Waals surface area contributed by atoms with Gasteiger partial charge in [-0.3, -0.25) is 9.59 Å². The highest BCUT2D eigenvalue weighted by atomic mass is 16.7. The lowest BCUT2D eigenvalue weighted by molar-refractivity contribution is -0.870. The van der Waals surface area contributed by atoms with E-state index in [2.05, 4.69) is 172 Å². The van der Waals surface area contributed by atoms with Gasteiger partial charge in [0.15, 0.2) is 6.10 Å². The third-order valence-electron chi connectivity index (χ3n) is 12.8. The number of carboxylic acid groups (broad SMARTS) is 1. The minimum Gasteiger partial charge on any atom is -0.477 e. The van der Waals surface area contributed by atoms with Gasteiger partial charge in [0.2, 0.25) is 0 Å². The van der Waals surface area contributed by atoms with Gasteiger partial charge >= 0.3 is 17.9 Å². The normalized spacial score (nSPS) is 13.8. The Labute approximate surface area is 495 Å². The number of unbranched alkanes of at least 4 members (excludes halogenated alkanes) is 15. The molecule has 0 fully saturated rings. The molecule has 2 atom stereocenters. The fourth-order valence-corrected chi connectivity index (χ4v) is 8.00. The summed E-state index contributed by atoms with van der Waals surface area (Å²) in [7, 11) is 5.95. The zero-order valence-corrected chi connectivity index (χ0v) is 51.9. The van der Waals surface area contributed by atoms with E-state index in [-0.39, 0.29) is 38.6 Å². The maximum absolute atomic E-state index is 12.9. The molecule has 2 unspecified atom stereocenters. The monoisotopic (exact) mass is 1120 g/mol. The molecule has 0 aliphatic carbocycles. The second kappa shape index (κ2) is 61.0. The molecule has 0 aromatic carbocycles. The lowest BCUT2D eigenvalue weighted by Gasteiger charge is -2.25. The number of carbonyl (C=O) groups is 3. The van der Waals surface area contributed by atoms with E-state index in [4.69, 9.17) is 18.9 Å². The number of carbonyl (C=O) groups excluding carboxylic acids is 2. The minimum atomic E-state index is -1.53. The average molecular weight is 1120 g/mol. The summed E-state index contributed by atoms with van der Waals surface area (Å²) in [4.78, 5) is 37.5. The summed E-state index contributed by atoms with van der Waals surface area (Å²) in [6.45, 7) is 4.59. The van der Waals surface area contributed by atoms with Gasteiger partial charge in [0, 0.05) is 12.8 Å². The molecule has 0 saturated carbocycles. The number of allylic oxidation sites excluding steroid dienone is 26. The van der Waals surface area contributed by atoms with Gasteiger partial charge in [-0.15, -0.1) is 0 Å². The Kier molecular flexibility index (Phi) is 57.2. The lowest BCUT2D eigenvalue weighted by Crippen LogP contribution is -2.40. The van der Waals surface area contributed by atoms with Crippen LogP contribution >= 0.6 is 0 Å². The maximum Gasteiger partial charge on any atom is 0.361 e. The third kappa shape index (κ3) is 62.4. The summed E-state index contributed by atoms with van der Waals surface area (Å²) in [5.74, 6) is -2.06. The summed E-state index contributed by atoms with van der Waals surface area (Å²) in [6.07, 6.45) is 87.7. The number of likely N-dealkylation sites (N-methyl/N-ethyl adjacent to an activating group) is 1. The SMILES string of the molecule is CC/C=C\C/C=C\C/C=C\C/C=C\C/C=C\C/C=C\C/C=C\C/C=C\C/C=C\CCCCCCCCCCCCCC(=O)OC(COC(=O)CCCCCC/C=C\C/C=C\C/C=C\C/C=C\CC)COC(OCC[N+](C)(C)C)C(=O)O. The molecule has 0 saturated heterocycles. The van der Waals surface area contributed by atoms with Crippen LogP contribution in [0, 0.1) is 0 Å². The molecule has 0 radical (unpaired) electrons. The number of quaternary nitrogens is 1. The van der Waals surface area contributed by atoms with E-state index in [1.54, 1.807) is 0 Å². The molecule has 0 aliphatic heterocycles. The molecule has 0 amide bonds. The molecule has 1 N–H and O–H groups in total. The van der Waals surface area contributed by atoms with Crippen molar-refractivity contribution in [2.45, 2.75) is 232 Å². The Balaban J connectivity index is 4.18. The smallest absolute Gasteiger partial charge is 0.361 e. The number of nitrogens with zero attached hydrogens (tertiary/aromatic N) is 1. The summed E-state index contributed by atoms with van der Waals surface area (Å²) < 4.78 is 22.9. The first kappa shape index (κ1) is 75.9. The van der Waals surface area contributed by atoms with Crippen molar-refractivity contribution < 1.29 is 42.9 Å². The van der Waals surface area contributed by atoms with Crippen LogP contribution in [0.1, 0.15) is 219 Å².